The van der Waals surface area contributed by atoms with Crippen LogP contribution in [0.1, 0.15) is 37.0 Å². The summed E-state index contributed by atoms with van der Waals surface area (Å²) in [6.45, 7) is 4.79. The Balaban J connectivity index is 2.38. The number of aryl methyl sites for hydroxylation is 1. The molecule has 144 valence electrons. The van der Waals surface area contributed by atoms with E-state index in [1.807, 2.05) is 31.2 Å². The molecule has 0 saturated heterocycles. The summed E-state index contributed by atoms with van der Waals surface area (Å²) in [4.78, 5) is 27.2. The molecular weight excluding hydrogens is 364 g/mol. The lowest BCUT2D eigenvalue weighted by atomic mass is 10.1. The zero-order chi connectivity index (χ0) is 20.0. The van der Waals surface area contributed by atoms with Crippen LogP contribution < -0.4 is 5.56 Å². The molecule has 5 nitrogen and oxygen atoms in total. The Labute approximate surface area is 164 Å². The first kappa shape index (κ1) is 20.8. The minimum atomic E-state index is -0.535. The monoisotopic (exact) mass is 388 g/mol. The Morgan fingerprint density at radius 3 is 2.63 bits per heavy atom. The molecule has 1 N–H and O–H groups in total. The van der Waals surface area contributed by atoms with Crippen LogP contribution in [0.15, 0.2) is 47.3 Å². The van der Waals surface area contributed by atoms with Gasteiger partial charge in [0.05, 0.1) is 15.9 Å². The van der Waals surface area contributed by atoms with Crippen molar-refractivity contribution in [2.45, 2.75) is 26.7 Å². The van der Waals surface area contributed by atoms with Gasteiger partial charge in [-0.3, -0.25) is 9.59 Å². The molecule has 0 aliphatic heterocycles. The zero-order valence-corrected chi connectivity index (χ0v) is 16.7. The second-order valence-electron chi connectivity index (χ2n) is 6.16. The minimum Gasteiger partial charge on any atom is -0.506 e. The fourth-order valence-electron chi connectivity index (χ4n) is 2.90. The summed E-state index contributed by atoms with van der Waals surface area (Å²) in [6, 6.07) is 5.00. The van der Waals surface area contributed by atoms with E-state index in [0.29, 0.717) is 35.4 Å². The highest BCUT2D eigenvalue weighted by Crippen LogP contribution is 2.32. The molecule has 1 heterocycles. The fourth-order valence-corrected chi connectivity index (χ4v) is 3.16. The first-order chi connectivity index (χ1) is 12.9. The van der Waals surface area contributed by atoms with Gasteiger partial charge in [0.1, 0.15) is 11.3 Å². The van der Waals surface area contributed by atoms with Crippen molar-refractivity contribution in [3.63, 3.8) is 0 Å². The summed E-state index contributed by atoms with van der Waals surface area (Å²) in [5, 5.41) is 11.3. The third-order valence-electron chi connectivity index (χ3n) is 4.41. The predicted octanol–water partition coefficient (Wildman–Crippen LogP) is 4.27. The Morgan fingerprint density at radius 2 is 1.96 bits per heavy atom. The van der Waals surface area contributed by atoms with Crippen LogP contribution in [-0.4, -0.2) is 33.6 Å². The van der Waals surface area contributed by atoms with Crippen molar-refractivity contribution < 1.29 is 9.90 Å². The summed E-state index contributed by atoms with van der Waals surface area (Å²) in [5.41, 5.74) is -0.294. The maximum Gasteiger partial charge on any atom is 0.267 e. The molecule has 0 aliphatic rings. The lowest BCUT2D eigenvalue weighted by Crippen LogP contribution is -2.37. The number of hydrogen-bond acceptors (Lipinski definition) is 3. The second kappa shape index (κ2) is 9.42. The van der Waals surface area contributed by atoms with Gasteiger partial charge in [-0.2, -0.15) is 0 Å². The van der Waals surface area contributed by atoms with Gasteiger partial charge in [0, 0.05) is 20.1 Å². The topological polar surface area (TPSA) is 62.5 Å². The van der Waals surface area contributed by atoms with E-state index in [2.05, 4.69) is 6.92 Å². The highest BCUT2D eigenvalue weighted by molar-refractivity contribution is 6.36. The molecule has 1 aromatic carbocycles. The van der Waals surface area contributed by atoms with Crippen LogP contribution in [0, 0.1) is 0 Å². The van der Waals surface area contributed by atoms with Gasteiger partial charge in [-0.25, -0.2) is 0 Å². The smallest absolute Gasteiger partial charge is 0.267 e. The molecule has 0 aliphatic carbocycles. The molecule has 2 rings (SSSR count). The summed E-state index contributed by atoms with van der Waals surface area (Å²) in [7, 11) is 1.57. The van der Waals surface area contributed by atoms with Crippen LogP contribution in [0.3, 0.4) is 0 Å². The number of allylic oxidation sites excluding steroid dienone is 3. The SMILES string of the molecule is CC/C=C\C=C/CCN(CC)C(=O)c1c(O)c2c(Cl)cccc2n(C)c1=O. The van der Waals surface area contributed by atoms with Crippen molar-refractivity contribution in [1.29, 1.82) is 0 Å². The molecule has 6 heteroatoms. The summed E-state index contributed by atoms with van der Waals surface area (Å²) >= 11 is 6.20. The lowest BCUT2D eigenvalue weighted by Gasteiger charge is -2.21. The van der Waals surface area contributed by atoms with Crippen molar-refractivity contribution in [2.24, 2.45) is 7.05 Å². The van der Waals surface area contributed by atoms with Crippen molar-refractivity contribution in [3.8, 4) is 5.75 Å². The van der Waals surface area contributed by atoms with Crippen molar-refractivity contribution in [3.05, 3.63) is 63.4 Å². The molecular formula is C21H25ClN2O3. The highest BCUT2D eigenvalue weighted by Gasteiger charge is 2.25. The van der Waals surface area contributed by atoms with Crippen LogP contribution in [0.5, 0.6) is 5.75 Å². The van der Waals surface area contributed by atoms with Gasteiger partial charge in [-0.05, 0) is 31.9 Å². The van der Waals surface area contributed by atoms with E-state index in [1.165, 1.54) is 4.57 Å². The third kappa shape index (κ3) is 4.42. The number of nitrogens with zero attached hydrogens (tertiary/aromatic N) is 2. The van der Waals surface area contributed by atoms with Crippen LogP contribution >= 0.6 is 11.6 Å². The van der Waals surface area contributed by atoms with Crippen LogP contribution in [0.4, 0.5) is 0 Å². The van der Waals surface area contributed by atoms with E-state index in [-0.39, 0.29) is 11.3 Å². The van der Waals surface area contributed by atoms with Crippen molar-refractivity contribution in [2.75, 3.05) is 13.1 Å². The number of aromatic hydroxyl groups is 1. The van der Waals surface area contributed by atoms with E-state index in [1.54, 1.807) is 30.1 Å². The van der Waals surface area contributed by atoms with Crippen molar-refractivity contribution in [1.82, 2.24) is 9.47 Å². The number of benzene rings is 1. The van der Waals surface area contributed by atoms with Gasteiger partial charge >= 0.3 is 0 Å². The summed E-state index contributed by atoms with van der Waals surface area (Å²) < 4.78 is 1.34. The fraction of sp³-hybridized carbons (Fsp3) is 0.333. The standard InChI is InChI=1S/C21H25ClN2O3/c1-4-6-7-8-9-10-14-24(5-2)21(27)18-19(25)17-15(22)12-11-13-16(17)23(3)20(18)26/h6-9,11-13,25H,4-5,10,14H2,1-3H3/b7-6-,9-8-. The van der Waals surface area contributed by atoms with E-state index < -0.39 is 11.5 Å². The molecule has 0 atom stereocenters. The maximum absolute atomic E-state index is 13.0. The molecule has 0 radical (unpaired) electrons. The Hall–Kier alpha value is -2.53. The number of fused-ring (bicyclic) bond motifs is 1. The Kier molecular flexibility index (Phi) is 7.25. The van der Waals surface area contributed by atoms with Gasteiger partial charge in [0.2, 0.25) is 0 Å². The third-order valence-corrected chi connectivity index (χ3v) is 4.73. The number of rotatable bonds is 7. The molecule has 27 heavy (non-hydrogen) atoms. The first-order valence-electron chi connectivity index (χ1n) is 9.05. The zero-order valence-electron chi connectivity index (χ0n) is 15.9. The minimum absolute atomic E-state index is 0.241. The van der Waals surface area contributed by atoms with Gasteiger partial charge < -0.3 is 14.6 Å². The quantitative estimate of drug-likeness (QED) is 0.720. The molecule has 2 aromatic rings. The number of halogens is 1. The van der Waals surface area contributed by atoms with Crippen LogP contribution in [0.25, 0.3) is 10.9 Å². The summed E-state index contributed by atoms with van der Waals surface area (Å²) in [6.07, 6.45) is 9.54. The maximum atomic E-state index is 13.0. The van der Waals surface area contributed by atoms with Gasteiger partial charge in [0.25, 0.3) is 11.5 Å². The van der Waals surface area contributed by atoms with E-state index >= 15 is 0 Å². The molecule has 0 fully saturated rings. The van der Waals surface area contributed by atoms with E-state index in [9.17, 15) is 14.7 Å². The molecule has 0 unspecified atom stereocenters. The van der Waals surface area contributed by atoms with Gasteiger partial charge in [-0.15, -0.1) is 0 Å². The van der Waals surface area contributed by atoms with Crippen LogP contribution in [0.2, 0.25) is 5.02 Å². The highest BCUT2D eigenvalue weighted by atomic mass is 35.5. The number of carbonyl (C=O) groups is 1. The molecule has 1 amide bonds. The average Bonchev–Trinajstić information content (AvgIpc) is 2.65. The largest absolute Gasteiger partial charge is 0.506 e. The van der Waals surface area contributed by atoms with Crippen LogP contribution in [-0.2, 0) is 7.05 Å². The van der Waals surface area contributed by atoms with Gasteiger partial charge in [0.15, 0.2) is 0 Å². The summed E-state index contributed by atoms with van der Waals surface area (Å²) in [5.74, 6) is -0.849. The number of amides is 1. The van der Waals surface area contributed by atoms with E-state index in [4.69, 9.17) is 11.6 Å². The Bertz CT molecular complexity index is 945. The first-order valence-corrected chi connectivity index (χ1v) is 9.42. The predicted molar refractivity (Wildman–Crippen MR) is 111 cm³/mol. The number of carbonyl (C=O) groups excluding carboxylic acids is 1. The average molecular weight is 389 g/mol. The molecule has 0 saturated carbocycles. The normalized spacial score (nSPS) is 11.7. The van der Waals surface area contributed by atoms with E-state index in [0.717, 1.165) is 6.42 Å². The molecule has 0 bridgehead atoms. The Morgan fingerprint density at radius 1 is 1.26 bits per heavy atom. The molecule has 0 spiro atoms. The van der Waals surface area contributed by atoms with Crippen molar-refractivity contribution >= 4 is 28.4 Å². The number of aromatic nitrogens is 1. The molecule has 1 aromatic heterocycles. The van der Waals surface area contributed by atoms with Gasteiger partial charge in [-0.1, -0.05) is 48.9 Å². The number of pyridine rings is 1. The number of hydrogen-bond donors (Lipinski definition) is 1. The second-order valence-corrected chi connectivity index (χ2v) is 6.57. The lowest BCUT2D eigenvalue weighted by molar-refractivity contribution is 0.0762.